The first-order valence-corrected chi connectivity index (χ1v) is 7.33. The van der Waals surface area contributed by atoms with Crippen LogP contribution in [0.5, 0.6) is 0 Å². The molecule has 0 heterocycles. The van der Waals surface area contributed by atoms with Crippen LogP contribution in [0.15, 0.2) is 46.9 Å². The van der Waals surface area contributed by atoms with Gasteiger partial charge in [-0.3, -0.25) is 0 Å². The van der Waals surface area contributed by atoms with Crippen molar-refractivity contribution in [1.82, 2.24) is 0 Å². The Bertz CT molecular complexity index is 543. The number of hydrogen-bond acceptors (Lipinski definition) is 1. The molecular formula is C17H19BrO. The Balaban J connectivity index is 2.32. The van der Waals surface area contributed by atoms with E-state index in [-0.39, 0.29) is 12.5 Å². The van der Waals surface area contributed by atoms with Gasteiger partial charge in [-0.05, 0) is 48.6 Å². The number of benzene rings is 2. The number of hydrogen-bond donors (Lipinski definition) is 1. The maximum Gasteiger partial charge on any atom is 0.0503 e. The van der Waals surface area contributed by atoms with Crippen molar-refractivity contribution in [3.8, 4) is 0 Å². The second kappa shape index (κ2) is 6.36. The number of aliphatic hydroxyl groups excluding tert-OH is 1. The molecule has 0 aliphatic heterocycles. The van der Waals surface area contributed by atoms with Crippen LogP contribution in [0.2, 0.25) is 0 Å². The van der Waals surface area contributed by atoms with Crippen molar-refractivity contribution in [3.05, 3.63) is 69.2 Å². The molecule has 1 atom stereocenters. The third-order valence-corrected chi connectivity index (χ3v) is 4.38. The van der Waals surface area contributed by atoms with Crippen molar-refractivity contribution in [2.45, 2.75) is 26.2 Å². The number of aryl methyl sites for hydroxylation is 2. The maximum absolute atomic E-state index is 9.73. The Morgan fingerprint density at radius 3 is 2.21 bits per heavy atom. The third kappa shape index (κ3) is 3.26. The van der Waals surface area contributed by atoms with Gasteiger partial charge in [0.25, 0.3) is 0 Å². The summed E-state index contributed by atoms with van der Waals surface area (Å²) in [4.78, 5) is 0. The summed E-state index contributed by atoms with van der Waals surface area (Å²) in [5, 5.41) is 9.73. The van der Waals surface area contributed by atoms with Crippen molar-refractivity contribution in [2.75, 3.05) is 6.61 Å². The fourth-order valence-electron chi connectivity index (χ4n) is 2.50. The monoisotopic (exact) mass is 318 g/mol. The molecule has 1 N–H and O–H groups in total. The van der Waals surface area contributed by atoms with Crippen molar-refractivity contribution < 1.29 is 5.11 Å². The van der Waals surface area contributed by atoms with Crippen molar-refractivity contribution >= 4 is 15.9 Å². The van der Waals surface area contributed by atoms with Crippen LogP contribution >= 0.6 is 15.9 Å². The highest BCUT2D eigenvalue weighted by molar-refractivity contribution is 9.10. The van der Waals surface area contributed by atoms with Crippen molar-refractivity contribution in [3.63, 3.8) is 0 Å². The van der Waals surface area contributed by atoms with E-state index in [0.29, 0.717) is 0 Å². The second-order valence-corrected chi connectivity index (χ2v) is 5.83. The third-order valence-electron chi connectivity index (χ3n) is 3.66. The Hall–Kier alpha value is -1.12. The quantitative estimate of drug-likeness (QED) is 0.886. The molecule has 0 aromatic heterocycles. The van der Waals surface area contributed by atoms with Gasteiger partial charge in [0.05, 0.1) is 6.61 Å². The molecule has 1 nitrogen and oxygen atoms in total. The smallest absolute Gasteiger partial charge is 0.0503 e. The molecule has 0 fully saturated rings. The Morgan fingerprint density at radius 2 is 1.63 bits per heavy atom. The molecule has 2 aromatic carbocycles. The van der Waals surface area contributed by atoms with Crippen LogP contribution in [0.4, 0.5) is 0 Å². The summed E-state index contributed by atoms with van der Waals surface area (Å²) >= 11 is 3.58. The van der Waals surface area contributed by atoms with Gasteiger partial charge in [-0.2, -0.15) is 0 Å². The van der Waals surface area contributed by atoms with E-state index >= 15 is 0 Å². The molecule has 0 amide bonds. The molecule has 2 rings (SSSR count). The van der Waals surface area contributed by atoms with E-state index in [9.17, 15) is 5.11 Å². The second-order valence-electron chi connectivity index (χ2n) is 4.98. The van der Waals surface area contributed by atoms with E-state index in [2.05, 4.69) is 54.0 Å². The normalized spacial score (nSPS) is 12.4. The van der Waals surface area contributed by atoms with Crippen LogP contribution in [-0.4, -0.2) is 11.7 Å². The molecule has 19 heavy (non-hydrogen) atoms. The molecular weight excluding hydrogens is 300 g/mol. The lowest BCUT2D eigenvalue weighted by Gasteiger charge is -2.19. The summed E-state index contributed by atoms with van der Waals surface area (Å²) in [7, 11) is 0. The van der Waals surface area contributed by atoms with Crippen LogP contribution in [0.3, 0.4) is 0 Å². The van der Waals surface area contributed by atoms with Gasteiger partial charge in [0.2, 0.25) is 0 Å². The zero-order chi connectivity index (χ0) is 13.8. The standard InChI is InChI=1S/C17H19BrO/c1-12-6-5-7-13(2)16(12)10-14(11-19)15-8-3-4-9-17(15)18/h3-9,14,19H,10-11H2,1-2H3. The average Bonchev–Trinajstić information content (AvgIpc) is 2.40. The summed E-state index contributed by atoms with van der Waals surface area (Å²) in [6.45, 7) is 4.43. The summed E-state index contributed by atoms with van der Waals surface area (Å²) < 4.78 is 1.07. The van der Waals surface area contributed by atoms with Crippen LogP contribution in [0.1, 0.15) is 28.2 Å². The van der Waals surface area contributed by atoms with Crippen LogP contribution in [-0.2, 0) is 6.42 Å². The van der Waals surface area contributed by atoms with Gasteiger partial charge in [0, 0.05) is 10.4 Å². The van der Waals surface area contributed by atoms with E-state index in [1.165, 1.54) is 22.3 Å². The van der Waals surface area contributed by atoms with E-state index in [1.54, 1.807) is 0 Å². The molecule has 0 radical (unpaired) electrons. The summed E-state index contributed by atoms with van der Waals surface area (Å²) in [6.07, 6.45) is 0.873. The van der Waals surface area contributed by atoms with Gasteiger partial charge in [-0.15, -0.1) is 0 Å². The molecule has 1 unspecified atom stereocenters. The molecule has 0 aliphatic carbocycles. The lowest BCUT2D eigenvalue weighted by atomic mass is 9.89. The van der Waals surface area contributed by atoms with Crippen LogP contribution in [0.25, 0.3) is 0 Å². The number of rotatable bonds is 4. The number of aliphatic hydroxyl groups is 1. The zero-order valence-electron chi connectivity index (χ0n) is 11.4. The lowest BCUT2D eigenvalue weighted by molar-refractivity contribution is 0.264. The fraction of sp³-hybridized carbons (Fsp3) is 0.294. The fourth-order valence-corrected chi connectivity index (χ4v) is 3.10. The molecule has 2 aromatic rings. The highest BCUT2D eigenvalue weighted by Crippen LogP contribution is 2.29. The predicted molar refractivity (Wildman–Crippen MR) is 83.6 cm³/mol. The van der Waals surface area contributed by atoms with E-state index in [0.717, 1.165) is 10.9 Å². The zero-order valence-corrected chi connectivity index (χ0v) is 12.9. The minimum Gasteiger partial charge on any atom is -0.396 e. The van der Waals surface area contributed by atoms with Crippen molar-refractivity contribution in [2.24, 2.45) is 0 Å². The first kappa shape index (κ1) is 14.3. The minimum absolute atomic E-state index is 0.135. The molecule has 2 heteroatoms. The average molecular weight is 319 g/mol. The van der Waals surface area contributed by atoms with Crippen LogP contribution < -0.4 is 0 Å². The molecule has 100 valence electrons. The predicted octanol–water partition coefficient (Wildman–Crippen LogP) is 4.38. The summed E-state index contributed by atoms with van der Waals surface area (Å²) in [6, 6.07) is 14.5. The molecule has 0 saturated heterocycles. The van der Waals surface area contributed by atoms with E-state index < -0.39 is 0 Å². The first-order chi connectivity index (χ1) is 9.13. The first-order valence-electron chi connectivity index (χ1n) is 6.54. The SMILES string of the molecule is Cc1cccc(C)c1CC(CO)c1ccccc1Br. The van der Waals surface area contributed by atoms with Gasteiger partial charge >= 0.3 is 0 Å². The highest BCUT2D eigenvalue weighted by Gasteiger charge is 2.16. The molecule has 0 saturated carbocycles. The van der Waals surface area contributed by atoms with Gasteiger partial charge in [-0.25, -0.2) is 0 Å². The lowest BCUT2D eigenvalue weighted by Crippen LogP contribution is -2.10. The Kier molecular flexibility index (Phi) is 4.78. The Morgan fingerprint density at radius 1 is 1.00 bits per heavy atom. The topological polar surface area (TPSA) is 20.2 Å². The minimum atomic E-state index is 0.135. The molecule has 0 spiro atoms. The van der Waals surface area contributed by atoms with Crippen LogP contribution in [0, 0.1) is 13.8 Å². The molecule has 0 aliphatic rings. The number of halogens is 1. The van der Waals surface area contributed by atoms with Gasteiger partial charge in [0.15, 0.2) is 0 Å². The highest BCUT2D eigenvalue weighted by atomic mass is 79.9. The largest absolute Gasteiger partial charge is 0.396 e. The Labute approximate surface area is 123 Å². The van der Waals surface area contributed by atoms with E-state index in [4.69, 9.17) is 0 Å². The van der Waals surface area contributed by atoms with Gasteiger partial charge in [-0.1, -0.05) is 52.3 Å². The van der Waals surface area contributed by atoms with Gasteiger partial charge < -0.3 is 5.11 Å². The summed E-state index contributed by atoms with van der Waals surface area (Å²) in [5.41, 5.74) is 5.11. The van der Waals surface area contributed by atoms with E-state index in [1.807, 2.05) is 18.2 Å². The van der Waals surface area contributed by atoms with Gasteiger partial charge in [0.1, 0.15) is 0 Å². The van der Waals surface area contributed by atoms with Crippen molar-refractivity contribution in [1.29, 1.82) is 0 Å². The summed E-state index contributed by atoms with van der Waals surface area (Å²) in [5.74, 6) is 0.135. The molecule has 0 bridgehead atoms. The maximum atomic E-state index is 9.73.